The Hall–Kier alpha value is -1.01. The van der Waals surface area contributed by atoms with Crippen molar-refractivity contribution in [1.29, 1.82) is 0 Å². The van der Waals surface area contributed by atoms with Crippen molar-refractivity contribution in [2.24, 2.45) is 0 Å². The summed E-state index contributed by atoms with van der Waals surface area (Å²) in [6.07, 6.45) is 3.70. The van der Waals surface area contributed by atoms with E-state index < -0.39 is 0 Å². The Labute approximate surface area is 130 Å². The number of carbonyl (C=O) groups is 1. The van der Waals surface area contributed by atoms with Gasteiger partial charge in [-0.3, -0.25) is 4.79 Å². The van der Waals surface area contributed by atoms with E-state index in [0.29, 0.717) is 25.6 Å². The van der Waals surface area contributed by atoms with Gasteiger partial charge in [-0.1, -0.05) is 6.08 Å². The average Bonchev–Trinajstić information content (AvgIpc) is 2.47. The summed E-state index contributed by atoms with van der Waals surface area (Å²) in [5, 5.41) is 1.84. The summed E-state index contributed by atoms with van der Waals surface area (Å²) in [6.45, 7) is 11.3. The van der Waals surface area contributed by atoms with Crippen molar-refractivity contribution in [3.8, 4) is 0 Å². The number of ether oxygens (including phenoxy) is 1. The fraction of sp³-hybridized carbons (Fsp3) is 0.500. The maximum Gasteiger partial charge on any atom is 0.285 e. The largest absolute Gasteiger partial charge is 0.480 e. The highest BCUT2D eigenvalue weighted by molar-refractivity contribution is 8.16. The molecule has 1 amide bonds. The molecule has 20 heavy (non-hydrogen) atoms. The molecule has 112 valence electrons. The fourth-order valence-corrected chi connectivity index (χ4v) is 2.57. The number of nitrogens with zero attached hydrogens (tertiary/aromatic N) is 2. The quantitative estimate of drug-likeness (QED) is 0.479. The second-order valence-electron chi connectivity index (χ2n) is 4.20. The average molecular weight is 314 g/mol. The van der Waals surface area contributed by atoms with Crippen LogP contribution in [-0.4, -0.2) is 47.8 Å². The Morgan fingerprint density at radius 2 is 1.95 bits per heavy atom. The van der Waals surface area contributed by atoms with Crippen LogP contribution < -0.4 is 0 Å². The molecule has 0 spiro atoms. The van der Waals surface area contributed by atoms with E-state index in [2.05, 4.69) is 24.1 Å². The predicted molar refractivity (Wildman–Crippen MR) is 88.8 cm³/mol. The van der Waals surface area contributed by atoms with Crippen molar-refractivity contribution in [1.82, 2.24) is 9.80 Å². The first kappa shape index (κ1) is 17.0. The third-order valence-electron chi connectivity index (χ3n) is 2.90. The molecule has 4 nitrogen and oxygen atoms in total. The molecule has 6 heteroatoms. The molecule has 0 aromatic heterocycles. The highest BCUT2D eigenvalue weighted by Gasteiger charge is 2.21. The summed E-state index contributed by atoms with van der Waals surface area (Å²) >= 11 is 5.41. The predicted octanol–water partition coefficient (Wildman–Crippen LogP) is 3.31. The minimum Gasteiger partial charge on any atom is -0.480 e. The lowest BCUT2D eigenvalue weighted by Crippen LogP contribution is -2.47. The van der Waals surface area contributed by atoms with Crippen molar-refractivity contribution in [2.45, 2.75) is 13.8 Å². The number of allylic oxidation sites excluding steroid dienone is 2. The minimum absolute atomic E-state index is 0.0696. The fourth-order valence-electron chi connectivity index (χ4n) is 1.73. The molecule has 0 saturated carbocycles. The second kappa shape index (κ2) is 9.02. The van der Waals surface area contributed by atoms with E-state index in [0.717, 1.165) is 18.0 Å². The van der Waals surface area contributed by atoms with Gasteiger partial charge in [0.15, 0.2) is 5.88 Å². The lowest BCUT2D eigenvalue weighted by atomic mass is 10.3. The van der Waals surface area contributed by atoms with E-state index in [4.69, 9.17) is 4.74 Å². The van der Waals surface area contributed by atoms with E-state index in [-0.39, 0.29) is 5.24 Å². The molecule has 0 bridgehead atoms. The van der Waals surface area contributed by atoms with Crippen molar-refractivity contribution in [2.75, 3.05) is 32.8 Å². The van der Waals surface area contributed by atoms with E-state index in [1.807, 2.05) is 30.9 Å². The lowest BCUT2D eigenvalue weighted by molar-refractivity contribution is 0.0898. The molecule has 0 atom stereocenters. The van der Waals surface area contributed by atoms with Crippen molar-refractivity contribution < 1.29 is 9.53 Å². The first-order valence-corrected chi connectivity index (χ1v) is 7.95. The Kier molecular flexibility index (Phi) is 7.69. The van der Waals surface area contributed by atoms with Gasteiger partial charge in [0.1, 0.15) is 0 Å². The third-order valence-corrected chi connectivity index (χ3v) is 4.04. The molecule has 1 rings (SSSR count). The van der Waals surface area contributed by atoms with Crippen LogP contribution in [0.3, 0.4) is 0 Å². The van der Waals surface area contributed by atoms with Gasteiger partial charge in [0.05, 0.1) is 6.61 Å². The van der Waals surface area contributed by atoms with Crippen LogP contribution in [0.2, 0.25) is 0 Å². The van der Waals surface area contributed by atoms with Gasteiger partial charge < -0.3 is 14.5 Å². The van der Waals surface area contributed by atoms with Gasteiger partial charge in [0.2, 0.25) is 0 Å². The number of thiol groups is 1. The van der Waals surface area contributed by atoms with Gasteiger partial charge in [-0.25, -0.2) is 0 Å². The van der Waals surface area contributed by atoms with Crippen LogP contribution in [-0.2, 0) is 4.74 Å². The van der Waals surface area contributed by atoms with Gasteiger partial charge in [-0.2, -0.15) is 0 Å². The lowest BCUT2D eigenvalue weighted by Gasteiger charge is -2.35. The second-order valence-corrected chi connectivity index (χ2v) is 5.57. The van der Waals surface area contributed by atoms with E-state index in [1.165, 1.54) is 11.8 Å². The topological polar surface area (TPSA) is 32.8 Å². The normalized spacial score (nSPS) is 16.6. The third kappa shape index (κ3) is 5.54. The maximum atomic E-state index is 12.0. The zero-order valence-electron chi connectivity index (χ0n) is 12.0. The minimum atomic E-state index is 0.0696. The van der Waals surface area contributed by atoms with Crippen LogP contribution >= 0.6 is 24.4 Å². The summed E-state index contributed by atoms with van der Waals surface area (Å²) in [7, 11) is 0. The molecule has 1 heterocycles. The number of hydrogen-bond donors (Lipinski definition) is 1. The molecule has 0 unspecified atom stereocenters. The first-order chi connectivity index (χ1) is 9.58. The van der Waals surface area contributed by atoms with Crippen molar-refractivity contribution in [3.05, 3.63) is 34.9 Å². The summed E-state index contributed by atoms with van der Waals surface area (Å²) in [5.74, 6) is 0.694. The zero-order chi connectivity index (χ0) is 15.0. The van der Waals surface area contributed by atoms with Crippen LogP contribution in [0.4, 0.5) is 4.79 Å². The van der Waals surface area contributed by atoms with E-state index in [9.17, 15) is 4.79 Å². The molecule has 1 aliphatic rings. The highest BCUT2D eigenvalue weighted by Crippen LogP contribution is 2.16. The first-order valence-electron chi connectivity index (χ1n) is 6.62. The number of piperazine rings is 1. The van der Waals surface area contributed by atoms with Crippen LogP contribution in [0.1, 0.15) is 13.8 Å². The van der Waals surface area contributed by atoms with Gasteiger partial charge in [-0.05, 0) is 43.7 Å². The molecule has 1 aliphatic heterocycles. The summed E-state index contributed by atoms with van der Waals surface area (Å²) in [4.78, 5) is 16.8. The molecule has 0 aromatic carbocycles. The highest BCUT2D eigenvalue weighted by atomic mass is 32.2. The Bertz CT molecular complexity index is 400. The molecule has 0 aromatic rings. The SMILES string of the molecule is C=C(OCC)N1CCN(C(=O)S/C=C\C(S)=C/C)CC1. The number of hydrogen-bond acceptors (Lipinski definition) is 5. The molecular formula is C14H22N2O2S2. The number of carbonyl (C=O) groups excluding carboxylic acids is 1. The van der Waals surface area contributed by atoms with Gasteiger partial charge in [0.25, 0.3) is 5.24 Å². The molecular weight excluding hydrogens is 292 g/mol. The molecule has 1 saturated heterocycles. The summed E-state index contributed by atoms with van der Waals surface area (Å²) in [5.41, 5.74) is 0. The Balaban J connectivity index is 2.36. The van der Waals surface area contributed by atoms with Gasteiger partial charge in [0, 0.05) is 31.1 Å². The van der Waals surface area contributed by atoms with E-state index >= 15 is 0 Å². The zero-order valence-corrected chi connectivity index (χ0v) is 13.8. The summed E-state index contributed by atoms with van der Waals surface area (Å²) in [6, 6.07) is 0. The van der Waals surface area contributed by atoms with Crippen LogP contribution in [0, 0.1) is 0 Å². The van der Waals surface area contributed by atoms with Crippen LogP contribution in [0.25, 0.3) is 0 Å². The van der Waals surface area contributed by atoms with Crippen LogP contribution in [0.5, 0.6) is 0 Å². The Morgan fingerprint density at radius 1 is 1.35 bits per heavy atom. The Morgan fingerprint density at radius 3 is 2.50 bits per heavy atom. The molecule has 1 fully saturated rings. The van der Waals surface area contributed by atoms with Gasteiger partial charge >= 0.3 is 0 Å². The maximum absolute atomic E-state index is 12.0. The smallest absolute Gasteiger partial charge is 0.285 e. The summed E-state index contributed by atoms with van der Waals surface area (Å²) < 4.78 is 5.38. The van der Waals surface area contributed by atoms with Crippen molar-refractivity contribution >= 4 is 29.6 Å². The number of amides is 1. The molecule has 0 aliphatic carbocycles. The number of rotatable bonds is 5. The number of thioether (sulfide) groups is 1. The molecule has 0 N–H and O–H groups in total. The standard InChI is InChI=1S/C14H22N2O2S2/c1-4-13(19)6-11-20-14(17)16-9-7-15(8-10-16)12(3)18-5-2/h4,6,11,19H,3,5,7-10H2,1-2H3/b11-6-,13-4+. The molecule has 0 radical (unpaired) electrons. The van der Waals surface area contributed by atoms with Crippen LogP contribution in [0.15, 0.2) is 34.9 Å². The van der Waals surface area contributed by atoms with Crippen molar-refractivity contribution in [3.63, 3.8) is 0 Å². The van der Waals surface area contributed by atoms with E-state index in [1.54, 1.807) is 5.41 Å². The monoisotopic (exact) mass is 314 g/mol. The van der Waals surface area contributed by atoms with Gasteiger partial charge in [-0.15, -0.1) is 12.6 Å².